The van der Waals surface area contributed by atoms with E-state index in [1.54, 1.807) is 0 Å². The Bertz CT molecular complexity index is 3180. The maximum absolute atomic E-state index is 5.01. The van der Waals surface area contributed by atoms with Gasteiger partial charge in [0.15, 0.2) is 17.5 Å². The molecule has 256 valence electrons. The molecule has 0 atom stereocenters. The zero-order valence-electron chi connectivity index (χ0n) is 29.6. The number of benzene rings is 9. The molecule has 9 aromatic carbocycles. The molecule has 0 aliphatic rings. The number of nitrogens with zero attached hydrogens (tertiary/aromatic N) is 3. The Labute approximate surface area is 321 Å². The fourth-order valence-electron chi connectivity index (χ4n) is 8.20. The zero-order valence-corrected chi connectivity index (χ0v) is 30.5. The van der Waals surface area contributed by atoms with E-state index in [0.717, 1.165) is 22.3 Å². The summed E-state index contributed by atoms with van der Waals surface area (Å²) in [7, 11) is 0. The summed E-state index contributed by atoms with van der Waals surface area (Å²) in [6.07, 6.45) is 0. The fraction of sp³-hybridized carbons (Fsp3) is 0. The quantitative estimate of drug-likeness (QED) is 0.166. The van der Waals surface area contributed by atoms with E-state index in [1.807, 2.05) is 72.0 Å². The number of thiophene rings is 1. The minimum atomic E-state index is 0.647. The lowest BCUT2D eigenvalue weighted by atomic mass is 9.86. The van der Waals surface area contributed by atoms with Crippen LogP contribution < -0.4 is 0 Å². The first-order chi connectivity index (χ1) is 27.3. The molecule has 11 rings (SSSR count). The van der Waals surface area contributed by atoms with Gasteiger partial charge in [-0.15, -0.1) is 11.3 Å². The summed E-state index contributed by atoms with van der Waals surface area (Å²) in [5.74, 6) is 1.96. The average Bonchev–Trinajstić information content (AvgIpc) is 3.65. The molecule has 2 heterocycles. The van der Waals surface area contributed by atoms with E-state index in [4.69, 9.17) is 15.0 Å². The molecule has 0 spiro atoms. The normalized spacial score (nSPS) is 11.6. The summed E-state index contributed by atoms with van der Waals surface area (Å²) in [5, 5.41) is 10.1. The van der Waals surface area contributed by atoms with Gasteiger partial charge in [-0.25, -0.2) is 15.0 Å². The van der Waals surface area contributed by atoms with E-state index in [-0.39, 0.29) is 0 Å². The predicted octanol–water partition coefficient (Wildman–Crippen LogP) is 14.0. The Balaban J connectivity index is 1.15. The zero-order chi connectivity index (χ0) is 36.3. The third kappa shape index (κ3) is 5.22. The number of hydrogen-bond acceptors (Lipinski definition) is 4. The van der Waals surface area contributed by atoms with Crippen LogP contribution in [-0.2, 0) is 0 Å². The van der Waals surface area contributed by atoms with E-state index in [1.165, 1.54) is 69.2 Å². The number of fused-ring (bicyclic) bond motifs is 7. The maximum Gasteiger partial charge on any atom is 0.164 e. The predicted molar refractivity (Wildman–Crippen MR) is 232 cm³/mol. The van der Waals surface area contributed by atoms with Gasteiger partial charge in [0.25, 0.3) is 0 Å². The number of hydrogen-bond donors (Lipinski definition) is 0. The first kappa shape index (κ1) is 31.5. The van der Waals surface area contributed by atoms with Crippen molar-refractivity contribution in [3.63, 3.8) is 0 Å². The van der Waals surface area contributed by atoms with E-state index in [2.05, 4.69) is 127 Å². The molecule has 0 fully saturated rings. The standard InChI is InChI=1S/C51H31N3S/c1-3-15-33(16-4-1)49-52-50(34-17-5-2-6-18-34)54-51(53-49)35-29-27-32(28-30-35)45-40-23-11-12-24-41(40)46(48-47(45)42-25-13-14-26-44(42)55-48)43-31-36-19-7-8-20-37(36)38-21-9-10-22-39(38)43/h1-31H. The molecule has 0 bridgehead atoms. The van der Waals surface area contributed by atoms with Crippen LogP contribution in [0.3, 0.4) is 0 Å². The van der Waals surface area contributed by atoms with Crippen LogP contribution in [0.5, 0.6) is 0 Å². The van der Waals surface area contributed by atoms with E-state index in [0.29, 0.717) is 17.5 Å². The Hall–Kier alpha value is -7.01. The minimum Gasteiger partial charge on any atom is -0.208 e. The molecule has 11 aromatic rings. The smallest absolute Gasteiger partial charge is 0.164 e. The largest absolute Gasteiger partial charge is 0.208 e. The number of aromatic nitrogens is 3. The molecule has 0 amide bonds. The molecule has 0 aliphatic heterocycles. The average molecular weight is 718 g/mol. The third-order valence-electron chi connectivity index (χ3n) is 10.7. The minimum absolute atomic E-state index is 0.647. The van der Waals surface area contributed by atoms with Crippen LogP contribution in [0.1, 0.15) is 0 Å². The van der Waals surface area contributed by atoms with Crippen molar-refractivity contribution in [3.05, 3.63) is 188 Å². The van der Waals surface area contributed by atoms with Crippen molar-refractivity contribution in [3.8, 4) is 56.4 Å². The topological polar surface area (TPSA) is 38.7 Å². The van der Waals surface area contributed by atoms with Gasteiger partial charge in [-0.05, 0) is 61.1 Å². The molecule has 3 nitrogen and oxygen atoms in total. The highest BCUT2D eigenvalue weighted by molar-refractivity contribution is 7.26. The Morgan fingerprint density at radius 2 is 0.782 bits per heavy atom. The lowest BCUT2D eigenvalue weighted by molar-refractivity contribution is 1.07. The fourth-order valence-corrected chi connectivity index (χ4v) is 9.48. The summed E-state index contributed by atoms with van der Waals surface area (Å²) in [5.41, 5.74) is 7.81. The first-order valence-corrected chi connectivity index (χ1v) is 19.3. The molecular weight excluding hydrogens is 687 g/mol. The molecule has 0 saturated heterocycles. The molecular formula is C51H31N3S. The molecule has 0 radical (unpaired) electrons. The molecule has 0 unspecified atom stereocenters. The Kier molecular flexibility index (Phi) is 7.35. The lowest BCUT2D eigenvalue weighted by Crippen LogP contribution is -2.00. The van der Waals surface area contributed by atoms with Crippen LogP contribution >= 0.6 is 11.3 Å². The molecule has 2 aromatic heterocycles. The second kappa shape index (κ2) is 12.8. The second-order valence-electron chi connectivity index (χ2n) is 13.9. The first-order valence-electron chi connectivity index (χ1n) is 18.5. The van der Waals surface area contributed by atoms with Gasteiger partial charge in [-0.1, -0.05) is 176 Å². The summed E-state index contributed by atoms with van der Waals surface area (Å²) in [4.78, 5) is 14.9. The van der Waals surface area contributed by atoms with Crippen LogP contribution in [0.15, 0.2) is 188 Å². The van der Waals surface area contributed by atoms with Crippen LogP contribution in [-0.4, -0.2) is 15.0 Å². The van der Waals surface area contributed by atoms with Gasteiger partial charge in [0, 0.05) is 42.4 Å². The van der Waals surface area contributed by atoms with Gasteiger partial charge in [0.2, 0.25) is 0 Å². The lowest BCUT2D eigenvalue weighted by Gasteiger charge is -2.18. The summed E-state index contributed by atoms with van der Waals surface area (Å²) >= 11 is 1.89. The van der Waals surface area contributed by atoms with Crippen LogP contribution in [0.25, 0.3) is 109 Å². The van der Waals surface area contributed by atoms with E-state index in [9.17, 15) is 0 Å². The molecule has 0 N–H and O–H groups in total. The maximum atomic E-state index is 5.01. The summed E-state index contributed by atoms with van der Waals surface area (Å²) < 4.78 is 2.58. The van der Waals surface area contributed by atoms with Crippen molar-refractivity contribution in [1.29, 1.82) is 0 Å². The van der Waals surface area contributed by atoms with Crippen molar-refractivity contribution in [2.75, 3.05) is 0 Å². The highest BCUT2D eigenvalue weighted by Gasteiger charge is 2.23. The van der Waals surface area contributed by atoms with Crippen LogP contribution in [0, 0.1) is 0 Å². The van der Waals surface area contributed by atoms with Gasteiger partial charge in [-0.3, -0.25) is 0 Å². The molecule has 4 heteroatoms. The second-order valence-corrected chi connectivity index (χ2v) is 15.0. The van der Waals surface area contributed by atoms with Crippen molar-refractivity contribution in [2.24, 2.45) is 0 Å². The van der Waals surface area contributed by atoms with Crippen LogP contribution in [0.2, 0.25) is 0 Å². The van der Waals surface area contributed by atoms with Crippen molar-refractivity contribution >= 4 is 63.8 Å². The van der Waals surface area contributed by atoms with E-state index < -0.39 is 0 Å². The van der Waals surface area contributed by atoms with Gasteiger partial charge in [0.1, 0.15) is 0 Å². The summed E-state index contributed by atoms with van der Waals surface area (Å²) in [6, 6.07) is 66.9. The van der Waals surface area contributed by atoms with Crippen molar-refractivity contribution in [2.45, 2.75) is 0 Å². The Morgan fingerprint density at radius 3 is 1.42 bits per heavy atom. The van der Waals surface area contributed by atoms with Gasteiger partial charge >= 0.3 is 0 Å². The van der Waals surface area contributed by atoms with Gasteiger partial charge < -0.3 is 0 Å². The van der Waals surface area contributed by atoms with Crippen molar-refractivity contribution in [1.82, 2.24) is 15.0 Å². The third-order valence-corrected chi connectivity index (χ3v) is 11.9. The van der Waals surface area contributed by atoms with Gasteiger partial charge in [-0.2, -0.15) is 0 Å². The SMILES string of the molecule is c1ccc(-c2nc(-c3ccccc3)nc(-c3ccc(-c4c5ccccc5c(-c5cc6ccccc6c6ccccc56)c5sc6ccccc6c45)cc3)n2)cc1. The highest BCUT2D eigenvalue weighted by atomic mass is 32.1. The van der Waals surface area contributed by atoms with Crippen LogP contribution in [0.4, 0.5) is 0 Å². The van der Waals surface area contributed by atoms with Crippen molar-refractivity contribution < 1.29 is 0 Å². The molecule has 55 heavy (non-hydrogen) atoms. The monoisotopic (exact) mass is 717 g/mol. The highest BCUT2D eigenvalue weighted by Crippen LogP contribution is 2.51. The molecule has 0 saturated carbocycles. The molecule has 0 aliphatic carbocycles. The number of rotatable bonds is 5. The Morgan fingerprint density at radius 1 is 0.327 bits per heavy atom. The summed E-state index contributed by atoms with van der Waals surface area (Å²) in [6.45, 7) is 0. The van der Waals surface area contributed by atoms with E-state index >= 15 is 0 Å². The van der Waals surface area contributed by atoms with Gasteiger partial charge in [0.05, 0.1) is 0 Å².